The molecule has 0 aromatic carbocycles. The first-order chi connectivity index (χ1) is 10.1. The van der Waals surface area contributed by atoms with E-state index in [4.69, 9.17) is 0 Å². The number of halogens is 1. The van der Waals surface area contributed by atoms with Crippen LogP contribution in [-0.2, 0) is 6.42 Å². The molecule has 1 fully saturated rings. The van der Waals surface area contributed by atoms with Gasteiger partial charge in [0.05, 0.1) is 10.7 Å². The zero-order chi connectivity index (χ0) is 15.2. The lowest BCUT2D eigenvalue weighted by molar-refractivity contribution is 0.266. The van der Waals surface area contributed by atoms with Gasteiger partial charge >= 0.3 is 0 Å². The summed E-state index contributed by atoms with van der Waals surface area (Å²) in [6.07, 6.45) is 3.57. The number of nitrogens with zero attached hydrogens (tertiary/aromatic N) is 3. The number of thiazole rings is 1. The number of hydrogen-bond donors (Lipinski definition) is 1. The van der Waals surface area contributed by atoms with Crippen LogP contribution in [-0.4, -0.2) is 42.5 Å². The second-order valence-corrected chi connectivity index (χ2v) is 7.14. The number of nitrogens with one attached hydrogen (secondary N) is 1. The van der Waals surface area contributed by atoms with E-state index >= 15 is 0 Å². The zero-order valence-corrected chi connectivity index (χ0v) is 17.3. The third-order valence-corrected chi connectivity index (χ3v) is 5.09. The molecule has 1 saturated heterocycles. The lowest BCUT2D eigenvalue weighted by Gasteiger charge is -2.33. The van der Waals surface area contributed by atoms with Crippen LogP contribution >= 0.6 is 35.3 Å². The lowest BCUT2D eigenvalue weighted by atomic mass is 10.0. The van der Waals surface area contributed by atoms with Crippen LogP contribution in [0.25, 0.3) is 0 Å². The van der Waals surface area contributed by atoms with Gasteiger partial charge in [-0.3, -0.25) is 4.99 Å². The molecule has 0 radical (unpaired) electrons. The van der Waals surface area contributed by atoms with Gasteiger partial charge in [-0.2, -0.15) is 0 Å². The van der Waals surface area contributed by atoms with E-state index < -0.39 is 0 Å². The quantitative estimate of drug-likeness (QED) is 0.444. The van der Waals surface area contributed by atoms with E-state index in [1.54, 1.807) is 11.3 Å². The Kier molecular flexibility index (Phi) is 8.67. The van der Waals surface area contributed by atoms with Crippen LogP contribution in [0.1, 0.15) is 50.2 Å². The maximum absolute atomic E-state index is 4.68. The number of hydrogen-bond acceptors (Lipinski definition) is 3. The van der Waals surface area contributed by atoms with Crippen molar-refractivity contribution in [3.63, 3.8) is 0 Å². The molecule has 0 bridgehead atoms. The molecule has 1 N–H and O–H groups in total. The number of aromatic nitrogens is 1. The highest BCUT2D eigenvalue weighted by molar-refractivity contribution is 14.0. The average Bonchev–Trinajstić information content (AvgIpc) is 2.92. The second kappa shape index (κ2) is 9.70. The number of rotatable bonds is 4. The SMILES string of the molecule is CN=C(NCCc1csc(C(C)C)n1)N1CCCC(C)C1.I. The monoisotopic (exact) mass is 436 g/mol. The van der Waals surface area contributed by atoms with Crippen LogP contribution in [0.4, 0.5) is 0 Å². The highest BCUT2D eigenvalue weighted by Crippen LogP contribution is 2.19. The molecule has 4 nitrogen and oxygen atoms in total. The van der Waals surface area contributed by atoms with Gasteiger partial charge in [0.25, 0.3) is 0 Å². The normalized spacial score (nSPS) is 19.2. The first-order valence-corrected chi connectivity index (χ1v) is 8.88. The van der Waals surface area contributed by atoms with Crippen LogP contribution in [0.5, 0.6) is 0 Å². The van der Waals surface area contributed by atoms with Crippen molar-refractivity contribution in [3.8, 4) is 0 Å². The number of guanidine groups is 1. The maximum atomic E-state index is 4.68. The Bertz CT molecular complexity index is 472. The molecule has 1 unspecified atom stereocenters. The van der Waals surface area contributed by atoms with Crippen LogP contribution in [0.2, 0.25) is 0 Å². The van der Waals surface area contributed by atoms with Crippen LogP contribution in [0.15, 0.2) is 10.4 Å². The molecule has 0 spiro atoms. The topological polar surface area (TPSA) is 40.5 Å². The predicted octanol–water partition coefficient (Wildman–Crippen LogP) is 3.73. The summed E-state index contributed by atoms with van der Waals surface area (Å²) in [6.45, 7) is 9.85. The maximum Gasteiger partial charge on any atom is 0.193 e. The summed E-state index contributed by atoms with van der Waals surface area (Å²) in [4.78, 5) is 11.5. The minimum atomic E-state index is 0. The zero-order valence-electron chi connectivity index (χ0n) is 14.1. The summed E-state index contributed by atoms with van der Waals surface area (Å²) in [7, 11) is 1.88. The summed E-state index contributed by atoms with van der Waals surface area (Å²) in [5, 5.41) is 6.91. The number of piperidine rings is 1. The minimum Gasteiger partial charge on any atom is -0.356 e. The Morgan fingerprint density at radius 2 is 2.32 bits per heavy atom. The number of aliphatic imine (C=N–C) groups is 1. The molecule has 1 aliphatic rings. The van der Waals surface area contributed by atoms with Gasteiger partial charge in [0.2, 0.25) is 0 Å². The Labute approximate surface area is 155 Å². The molecule has 0 amide bonds. The first-order valence-electron chi connectivity index (χ1n) is 8.00. The van der Waals surface area contributed by atoms with Gasteiger partial charge in [0.1, 0.15) is 0 Å². The summed E-state index contributed by atoms with van der Waals surface area (Å²) in [5.74, 6) is 2.34. The van der Waals surface area contributed by atoms with E-state index in [-0.39, 0.29) is 24.0 Å². The highest BCUT2D eigenvalue weighted by atomic mass is 127. The lowest BCUT2D eigenvalue weighted by Crippen LogP contribution is -2.46. The second-order valence-electron chi connectivity index (χ2n) is 6.25. The van der Waals surface area contributed by atoms with Crippen molar-refractivity contribution in [1.29, 1.82) is 0 Å². The fraction of sp³-hybridized carbons (Fsp3) is 0.750. The van der Waals surface area contributed by atoms with Crippen LogP contribution < -0.4 is 5.32 Å². The van der Waals surface area contributed by atoms with Gasteiger partial charge in [0.15, 0.2) is 5.96 Å². The van der Waals surface area contributed by atoms with Crippen molar-refractivity contribution in [3.05, 3.63) is 16.1 Å². The molecule has 22 heavy (non-hydrogen) atoms. The molecular formula is C16H29IN4S. The Morgan fingerprint density at radius 1 is 1.55 bits per heavy atom. The molecule has 1 aliphatic heterocycles. The van der Waals surface area contributed by atoms with E-state index in [0.29, 0.717) is 5.92 Å². The third kappa shape index (κ3) is 5.68. The fourth-order valence-electron chi connectivity index (χ4n) is 2.72. The van der Waals surface area contributed by atoms with Crippen molar-refractivity contribution in [2.75, 3.05) is 26.7 Å². The summed E-state index contributed by atoms with van der Waals surface area (Å²) in [5.41, 5.74) is 1.19. The summed E-state index contributed by atoms with van der Waals surface area (Å²) < 4.78 is 0. The predicted molar refractivity (Wildman–Crippen MR) is 107 cm³/mol. The Balaban J connectivity index is 0.00000242. The van der Waals surface area contributed by atoms with Gasteiger partial charge in [-0.1, -0.05) is 20.8 Å². The molecule has 0 aliphatic carbocycles. The minimum absolute atomic E-state index is 0. The standard InChI is InChI=1S/C16H28N4S.HI/c1-12(2)15-19-14(11-21-15)7-8-18-16(17-4)20-9-5-6-13(3)10-20;/h11-13H,5-10H2,1-4H3,(H,17,18);1H. The van der Waals surface area contributed by atoms with Crippen LogP contribution in [0.3, 0.4) is 0 Å². The smallest absolute Gasteiger partial charge is 0.193 e. The van der Waals surface area contributed by atoms with Gasteiger partial charge in [0, 0.05) is 44.4 Å². The molecule has 2 rings (SSSR count). The fourth-order valence-corrected chi connectivity index (χ4v) is 3.59. The van der Waals surface area contributed by atoms with Crippen molar-refractivity contribution < 1.29 is 0 Å². The van der Waals surface area contributed by atoms with E-state index in [1.165, 1.54) is 23.5 Å². The molecule has 0 saturated carbocycles. The van der Waals surface area contributed by atoms with Gasteiger partial charge in [-0.25, -0.2) is 4.98 Å². The van der Waals surface area contributed by atoms with Crippen LogP contribution in [0, 0.1) is 5.92 Å². The highest BCUT2D eigenvalue weighted by Gasteiger charge is 2.18. The van der Waals surface area contributed by atoms with E-state index in [0.717, 1.165) is 37.9 Å². The first kappa shape index (κ1) is 19.7. The molecule has 1 aromatic rings. The van der Waals surface area contributed by atoms with Gasteiger partial charge in [-0.15, -0.1) is 35.3 Å². The van der Waals surface area contributed by atoms with Crippen molar-refractivity contribution in [2.24, 2.45) is 10.9 Å². The Morgan fingerprint density at radius 3 is 2.91 bits per heavy atom. The largest absolute Gasteiger partial charge is 0.356 e. The summed E-state index contributed by atoms with van der Waals surface area (Å²) in [6, 6.07) is 0. The van der Waals surface area contributed by atoms with E-state index in [1.807, 2.05) is 7.05 Å². The molecule has 1 aromatic heterocycles. The summed E-state index contributed by atoms with van der Waals surface area (Å²) >= 11 is 1.77. The Hall–Kier alpha value is -0.370. The van der Waals surface area contributed by atoms with Crippen molar-refractivity contribution in [1.82, 2.24) is 15.2 Å². The van der Waals surface area contributed by atoms with Gasteiger partial charge < -0.3 is 10.2 Å². The van der Waals surface area contributed by atoms with Crippen molar-refractivity contribution >= 4 is 41.3 Å². The molecule has 126 valence electrons. The molecule has 6 heteroatoms. The molecular weight excluding hydrogens is 407 g/mol. The van der Waals surface area contributed by atoms with Gasteiger partial charge in [-0.05, 0) is 18.8 Å². The third-order valence-electron chi connectivity index (χ3n) is 3.90. The average molecular weight is 436 g/mol. The molecule has 2 heterocycles. The molecule has 1 atom stereocenters. The van der Waals surface area contributed by atoms with E-state index in [2.05, 4.69) is 46.3 Å². The number of likely N-dealkylation sites (tertiary alicyclic amines) is 1. The van der Waals surface area contributed by atoms with E-state index in [9.17, 15) is 0 Å². The van der Waals surface area contributed by atoms with Crippen molar-refractivity contribution in [2.45, 2.75) is 46.0 Å².